The van der Waals surface area contributed by atoms with Crippen LogP contribution in [0.3, 0.4) is 0 Å². The predicted octanol–water partition coefficient (Wildman–Crippen LogP) is 4.19. The third kappa shape index (κ3) is 2.04. The fourth-order valence-corrected chi connectivity index (χ4v) is 2.88. The van der Waals surface area contributed by atoms with Gasteiger partial charge in [-0.3, -0.25) is 0 Å². The lowest BCUT2D eigenvalue weighted by atomic mass is 10.1. The first-order valence-electron chi connectivity index (χ1n) is 6.56. The normalized spacial score (nSPS) is 12.8. The first-order valence-corrected chi connectivity index (χ1v) is 6.94. The van der Waals surface area contributed by atoms with E-state index in [4.69, 9.17) is 17.3 Å². The van der Waals surface area contributed by atoms with Crippen LogP contribution in [0.5, 0.6) is 0 Å². The Kier molecular flexibility index (Phi) is 3.14. The Hall–Kier alpha value is -2.00. The maximum atomic E-state index is 6.29. The summed E-state index contributed by atoms with van der Waals surface area (Å²) in [5.41, 5.74) is 10.3. The van der Waals surface area contributed by atoms with Gasteiger partial charge in [-0.05, 0) is 43.2 Å². The van der Waals surface area contributed by atoms with Crippen LogP contribution in [-0.4, -0.2) is 9.55 Å². The second kappa shape index (κ2) is 4.84. The highest BCUT2D eigenvalue weighted by Crippen LogP contribution is 2.31. The van der Waals surface area contributed by atoms with E-state index in [1.165, 1.54) is 5.56 Å². The van der Waals surface area contributed by atoms with Crippen LogP contribution in [-0.2, 0) is 0 Å². The number of benzene rings is 2. The molecule has 0 saturated heterocycles. The number of halogens is 1. The van der Waals surface area contributed by atoms with Crippen molar-refractivity contribution in [1.29, 1.82) is 0 Å². The van der Waals surface area contributed by atoms with Crippen LogP contribution in [0.25, 0.3) is 11.0 Å². The lowest BCUT2D eigenvalue weighted by Gasteiger charge is -2.17. The molecule has 1 aromatic heterocycles. The molecule has 0 radical (unpaired) electrons. The largest absolute Gasteiger partial charge is 0.369 e. The van der Waals surface area contributed by atoms with Crippen LogP contribution in [0.15, 0.2) is 42.5 Å². The zero-order valence-corrected chi connectivity index (χ0v) is 12.2. The Labute approximate surface area is 123 Å². The highest BCUT2D eigenvalue weighted by Gasteiger charge is 2.17. The minimum Gasteiger partial charge on any atom is -0.369 e. The van der Waals surface area contributed by atoms with E-state index in [1.54, 1.807) is 0 Å². The van der Waals surface area contributed by atoms with E-state index in [2.05, 4.69) is 24.0 Å². The van der Waals surface area contributed by atoms with E-state index in [0.29, 0.717) is 5.95 Å². The van der Waals surface area contributed by atoms with Gasteiger partial charge in [-0.15, -0.1) is 0 Å². The Morgan fingerprint density at radius 3 is 2.70 bits per heavy atom. The van der Waals surface area contributed by atoms with Gasteiger partial charge in [0.25, 0.3) is 0 Å². The third-order valence-electron chi connectivity index (χ3n) is 3.61. The Morgan fingerprint density at radius 1 is 1.20 bits per heavy atom. The van der Waals surface area contributed by atoms with Crippen LogP contribution < -0.4 is 5.73 Å². The van der Waals surface area contributed by atoms with Crippen LogP contribution in [0, 0.1) is 6.92 Å². The van der Waals surface area contributed by atoms with E-state index in [1.807, 2.05) is 41.8 Å². The number of nitrogen functional groups attached to an aromatic ring is 1. The highest BCUT2D eigenvalue weighted by molar-refractivity contribution is 6.31. The maximum Gasteiger partial charge on any atom is 0.201 e. The molecule has 0 fully saturated rings. The summed E-state index contributed by atoms with van der Waals surface area (Å²) < 4.78 is 2.02. The molecule has 1 heterocycles. The molecule has 0 amide bonds. The molecule has 0 aliphatic rings. The number of fused-ring (bicyclic) bond motifs is 1. The molecular formula is C16H16ClN3. The number of anilines is 1. The van der Waals surface area contributed by atoms with Crippen molar-refractivity contribution in [2.75, 3.05) is 5.73 Å². The Morgan fingerprint density at radius 2 is 1.95 bits per heavy atom. The summed E-state index contributed by atoms with van der Waals surface area (Å²) in [6.07, 6.45) is 0. The molecular weight excluding hydrogens is 270 g/mol. The zero-order valence-electron chi connectivity index (χ0n) is 11.5. The van der Waals surface area contributed by atoms with Crippen molar-refractivity contribution >= 4 is 28.6 Å². The molecule has 3 aromatic rings. The molecule has 0 spiro atoms. The van der Waals surface area contributed by atoms with Gasteiger partial charge in [-0.1, -0.05) is 35.9 Å². The van der Waals surface area contributed by atoms with Crippen molar-refractivity contribution in [3.05, 3.63) is 58.6 Å². The van der Waals surface area contributed by atoms with E-state index < -0.39 is 0 Å². The summed E-state index contributed by atoms with van der Waals surface area (Å²) in [6, 6.07) is 14.0. The quantitative estimate of drug-likeness (QED) is 0.767. The van der Waals surface area contributed by atoms with Crippen LogP contribution >= 0.6 is 11.6 Å². The smallest absolute Gasteiger partial charge is 0.201 e. The van der Waals surface area contributed by atoms with Crippen molar-refractivity contribution in [1.82, 2.24) is 9.55 Å². The number of rotatable bonds is 2. The van der Waals surface area contributed by atoms with Gasteiger partial charge < -0.3 is 10.3 Å². The van der Waals surface area contributed by atoms with E-state index >= 15 is 0 Å². The summed E-state index contributed by atoms with van der Waals surface area (Å²) in [6.45, 7) is 4.13. The average molecular weight is 286 g/mol. The summed E-state index contributed by atoms with van der Waals surface area (Å²) in [5.74, 6) is 0.512. The molecule has 4 heteroatoms. The lowest BCUT2D eigenvalue weighted by Crippen LogP contribution is -2.10. The third-order valence-corrected chi connectivity index (χ3v) is 3.96. The molecule has 0 bridgehead atoms. The first-order chi connectivity index (χ1) is 9.58. The fourth-order valence-electron chi connectivity index (χ4n) is 2.59. The molecule has 3 rings (SSSR count). The number of aryl methyl sites for hydroxylation is 1. The molecule has 2 aromatic carbocycles. The number of nitrogens with zero attached hydrogens (tertiary/aromatic N) is 2. The molecule has 3 nitrogen and oxygen atoms in total. The van der Waals surface area contributed by atoms with Crippen molar-refractivity contribution in [3.8, 4) is 0 Å². The van der Waals surface area contributed by atoms with Gasteiger partial charge in [-0.25, -0.2) is 4.98 Å². The van der Waals surface area contributed by atoms with Crippen molar-refractivity contribution < 1.29 is 0 Å². The SMILES string of the molecule is Cc1ccc2c(c1)nc(N)n2C(C)c1ccccc1Cl. The number of nitrogens with two attached hydrogens (primary N) is 1. The molecule has 0 saturated carbocycles. The molecule has 0 aliphatic carbocycles. The lowest BCUT2D eigenvalue weighted by molar-refractivity contribution is 0.668. The van der Waals surface area contributed by atoms with Gasteiger partial charge in [0.05, 0.1) is 17.1 Å². The van der Waals surface area contributed by atoms with Gasteiger partial charge in [0.1, 0.15) is 0 Å². The zero-order chi connectivity index (χ0) is 14.3. The van der Waals surface area contributed by atoms with E-state index in [9.17, 15) is 0 Å². The van der Waals surface area contributed by atoms with E-state index in [0.717, 1.165) is 21.6 Å². The van der Waals surface area contributed by atoms with Crippen LogP contribution in [0.1, 0.15) is 24.1 Å². The minimum atomic E-state index is 0.0383. The highest BCUT2D eigenvalue weighted by atomic mass is 35.5. The van der Waals surface area contributed by atoms with Crippen LogP contribution in [0.4, 0.5) is 5.95 Å². The topological polar surface area (TPSA) is 43.8 Å². The molecule has 0 aliphatic heterocycles. The monoisotopic (exact) mass is 285 g/mol. The average Bonchev–Trinajstić information content (AvgIpc) is 2.73. The standard InChI is InChI=1S/C16H16ClN3/c1-10-7-8-15-14(9-10)19-16(18)20(15)11(2)12-5-3-4-6-13(12)17/h3-9,11H,1-2H3,(H2,18,19). The number of hydrogen-bond donors (Lipinski definition) is 1. The summed E-state index contributed by atoms with van der Waals surface area (Å²) in [7, 11) is 0. The Balaban J connectivity index is 2.19. The fraction of sp³-hybridized carbons (Fsp3) is 0.188. The van der Waals surface area contributed by atoms with Crippen molar-refractivity contribution in [3.63, 3.8) is 0 Å². The van der Waals surface area contributed by atoms with Gasteiger partial charge >= 0.3 is 0 Å². The Bertz CT molecular complexity index is 776. The second-order valence-electron chi connectivity index (χ2n) is 5.03. The number of aromatic nitrogens is 2. The second-order valence-corrected chi connectivity index (χ2v) is 5.44. The van der Waals surface area contributed by atoms with Crippen LogP contribution in [0.2, 0.25) is 5.02 Å². The van der Waals surface area contributed by atoms with Gasteiger partial charge in [0.2, 0.25) is 5.95 Å². The molecule has 20 heavy (non-hydrogen) atoms. The molecule has 2 N–H and O–H groups in total. The van der Waals surface area contributed by atoms with Gasteiger partial charge in [0, 0.05) is 5.02 Å². The summed E-state index contributed by atoms with van der Waals surface area (Å²) in [4.78, 5) is 4.45. The minimum absolute atomic E-state index is 0.0383. The predicted molar refractivity (Wildman–Crippen MR) is 84.1 cm³/mol. The van der Waals surface area contributed by atoms with Crippen molar-refractivity contribution in [2.45, 2.75) is 19.9 Å². The van der Waals surface area contributed by atoms with Gasteiger partial charge in [-0.2, -0.15) is 0 Å². The first kappa shape index (κ1) is 13.0. The number of imidazole rings is 1. The summed E-state index contributed by atoms with van der Waals surface area (Å²) >= 11 is 6.29. The van der Waals surface area contributed by atoms with E-state index in [-0.39, 0.29) is 6.04 Å². The number of hydrogen-bond acceptors (Lipinski definition) is 2. The summed E-state index contributed by atoms with van der Waals surface area (Å²) in [5, 5.41) is 0.744. The maximum absolute atomic E-state index is 6.29. The van der Waals surface area contributed by atoms with Crippen molar-refractivity contribution in [2.24, 2.45) is 0 Å². The molecule has 102 valence electrons. The molecule has 1 unspecified atom stereocenters. The molecule has 1 atom stereocenters. The van der Waals surface area contributed by atoms with Gasteiger partial charge in [0.15, 0.2) is 0 Å².